The van der Waals surface area contributed by atoms with E-state index in [0.717, 1.165) is 7.11 Å². The fraction of sp³-hybridized carbons (Fsp3) is 0.684. The lowest BCUT2D eigenvalue weighted by Gasteiger charge is -2.45. The van der Waals surface area contributed by atoms with E-state index in [2.05, 4.69) is 0 Å². The molecule has 1 saturated carbocycles. The molecule has 0 radical (unpaired) electrons. The molecule has 1 fully saturated rings. The Morgan fingerprint density at radius 2 is 1.74 bits per heavy atom. The summed E-state index contributed by atoms with van der Waals surface area (Å²) in [6.07, 6.45) is 1.50. The second-order valence-electron chi connectivity index (χ2n) is 7.22. The smallest absolute Gasteiger partial charge is 0.429 e. The summed E-state index contributed by atoms with van der Waals surface area (Å²) >= 11 is 0. The van der Waals surface area contributed by atoms with Gasteiger partial charge in [0.25, 0.3) is 5.60 Å². The Hall–Kier alpha value is -1.83. The second-order valence-corrected chi connectivity index (χ2v) is 7.22. The summed E-state index contributed by atoms with van der Waals surface area (Å²) in [4.78, 5) is 23.9. The van der Waals surface area contributed by atoms with E-state index in [-0.39, 0.29) is 12.8 Å². The molecule has 0 amide bonds. The Morgan fingerprint density at radius 3 is 2.22 bits per heavy atom. The highest BCUT2D eigenvalue weighted by Gasteiger charge is 2.71. The average Bonchev–Trinajstić information content (AvgIpc) is 2.54. The molecular weight excluding hydrogens is 365 g/mol. The predicted octanol–water partition coefficient (Wildman–Crippen LogP) is 3.87. The lowest BCUT2D eigenvalue weighted by atomic mass is 9.68. The summed E-state index contributed by atoms with van der Waals surface area (Å²) in [5, 5.41) is 0. The maximum atomic E-state index is 14.1. The topological polar surface area (TPSA) is 61.8 Å². The maximum Gasteiger partial charge on any atom is 0.429 e. The molecule has 4 atom stereocenters. The van der Waals surface area contributed by atoms with E-state index in [1.54, 1.807) is 12.2 Å². The van der Waals surface area contributed by atoms with E-state index in [0.29, 0.717) is 19.3 Å². The van der Waals surface area contributed by atoms with Crippen molar-refractivity contribution in [3.63, 3.8) is 0 Å². The largest absolute Gasteiger partial charge is 0.462 e. The fourth-order valence-corrected chi connectivity index (χ4v) is 3.88. The zero-order valence-electron chi connectivity index (χ0n) is 15.7. The van der Waals surface area contributed by atoms with E-state index in [1.165, 1.54) is 26.0 Å². The Morgan fingerprint density at radius 1 is 1.11 bits per heavy atom. The first-order valence-electron chi connectivity index (χ1n) is 8.90. The van der Waals surface area contributed by atoms with Gasteiger partial charge in [-0.1, -0.05) is 31.2 Å². The number of alkyl halides is 3. The molecule has 0 saturated heterocycles. The normalized spacial score (nSPS) is 30.4. The third kappa shape index (κ3) is 4.20. The van der Waals surface area contributed by atoms with E-state index in [9.17, 15) is 22.8 Å². The summed E-state index contributed by atoms with van der Waals surface area (Å²) in [6.45, 7) is 2.59. The lowest BCUT2D eigenvalue weighted by molar-refractivity contribution is -0.299. The molecule has 27 heavy (non-hydrogen) atoms. The molecule has 0 bridgehead atoms. The highest BCUT2D eigenvalue weighted by atomic mass is 19.4. The minimum atomic E-state index is -4.98. The van der Waals surface area contributed by atoms with E-state index in [1.807, 2.05) is 0 Å². The Kier molecular flexibility index (Phi) is 6.39. The number of carbonyl (C=O) groups excluding carboxylic acids is 2. The minimum Gasteiger partial charge on any atom is -0.462 e. The third-order valence-electron chi connectivity index (χ3n) is 5.23. The molecule has 2 aliphatic rings. The zero-order valence-corrected chi connectivity index (χ0v) is 15.7. The molecular formula is C19H25F3O5. The SMILES string of the molecule is COC(C(=O)O[C@H]1CCC[C@@H](OC(C)=O)C1)(C(F)(F)F)C1(C)C=CC=CC1. The first-order chi connectivity index (χ1) is 12.6. The van der Waals surface area contributed by atoms with Crippen LogP contribution >= 0.6 is 0 Å². The van der Waals surface area contributed by atoms with Crippen LogP contribution in [0.3, 0.4) is 0 Å². The van der Waals surface area contributed by atoms with Crippen LogP contribution in [0.15, 0.2) is 24.3 Å². The zero-order chi connectivity index (χ0) is 20.3. The number of allylic oxidation sites excluding steroid dienone is 3. The monoisotopic (exact) mass is 390 g/mol. The van der Waals surface area contributed by atoms with Gasteiger partial charge in [0.2, 0.25) is 0 Å². The Labute approximate surface area is 156 Å². The van der Waals surface area contributed by atoms with Gasteiger partial charge in [-0.05, 0) is 25.7 Å². The Bertz CT molecular complexity index is 627. The van der Waals surface area contributed by atoms with Crippen molar-refractivity contribution in [1.82, 2.24) is 0 Å². The molecule has 0 aromatic carbocycles. The minimum absolute atomic E-state index is 0.0211. The molecule has 0 heterocycles. The van der Waals surface area contributed by atoms with Crippen molar-refractivity contribution < 1.29 is 37.0 Å². The van der Waals surface area contributed by atoms with E-state index >= 15 is 0 Å². The summed E-state index contributed by atoms with van der Waals surface area (Å²) in [7, 11) is 0.870. The van der Waals surface area contributed by atoms with Crippen molar-refractivity contribution in [1.29, 1.82) is 0 Å². The number of hydrogen-bond donors (Lipinski definition) is 0. The average molecular weight is 390 g/mol. The van der Waals surface area contributed by atoms with Crippen LogP contribution in [0.1, 0.15) is 46.0 Å². The van der Waals surface area contributed by atoms with Crippen LogP contribution in [0.5, 0.6) is 0 Å². The van der Waals surface area contributed by atoms with Gasteiger partial charge in [0.15, 0.2) is 0 Å². The van der Waals surface area contributed by atoms with Gasteiger partial charge in [-0.3, -0.25) is 4.79 Å². The van der Waals surface area contributed by atoms with Gasteiger partial charge in [0.1, 0.15) is 12.2 Å². The van der Waals surface area contributed by atoms with Crippen molar-refractivity contribution >= 4 is 11.9 Å². The van der Waals surface area contributed by atoms with Crippen molar-refractivity contribution in [3.05, 3.63) is 24.3 Å². The molecule has 0 spiro atoms. The van der Waals surface area contributed by atoms with Crippen LogP contribution < -0.4 is 0 Å². The van der Waals surface area contributed by atoms with Crippen LogP contribution in [-0.4, -0.2) is 43.0 Å². The van der Waals surface area contributed by atoms with E-state index < -0.39 is 41.3 Å². The quantitative estimate of drug-likeness (QED) is 0.667. The van der Waals surface area contributed by atoms with Crippen LogP contribution in [0.25, 0.3) is 0 Å². The van der Waals surface area contributed by atoms with Crippen LogP contribution in [0.4, 0.5) is 13.2 Å². The summed E-state index contributed by atoms with van der Waals surface area (Å²) < 4.78 is 57.6. The number of esters is 2. The Balaban J connectivity index is 2.26. The van der Waals surface area contributed by atoms with Crippen LogP contribution in [-0.2, 0) is 23.8 Å². The molecule has 0 N–H and O–H groups in total. The first-order valence-corrected chi connectivity index (χ1v) is 8.90. The summed E-state index contributed by atoms with van der Waals surface area (Å²) in [6, 6.07) is 0. The standard InChI is InChI=1S/C19H25F3O5/c1-13(23)26-14-8-7-9-15(12-14)27-16(24)18(25-3,19(20,21)22)17(2)10-5-4-6-11-17/h4-6,10,14-15H,7-9,11-12H2,1-3H3/t14-,15+,17?,18?/m1/s1. The number of halogens is 3. The molecule has 2 rings (SSSR count). The van der Waals surface area contributed by atoms with E-state index in [4.69, 9.17) is 14.2 Å². The molecule has 0 aromatic heterocycles. The molecule has 2 aliphatic carbocycles. The summed E-state index contributed by atoms with van der Waals surface area (Å²) in [5.41, 5.74) is -4.77. The van der Waals surface area contributed by atoms with Crippen LogP contribution in [0, 0.1) is 5.41 Å². The van der Waals surface area contributed by atoms with Crippen molar-refractivity contribution in [2.45, 2.75) is 69.9 Å². The van der Waals surface area contributed by atoms with Crippen molar-refractivity contribution in [2.75, 3.05) is 7.11 Å². The predicted molar refractivity (Wildman–Crippen MR) is 90.7 cm³/mol. The molecule has 2 unspecified atom stereocenters. The molecule has 152 valence electrons. The molecule has 0 aliphatic heterocycles. The van der Waals surface area contributed by atoms with Gasteiger partial charge < -0.3 is 14.2 Å². The highest BCUT2D eigenvalue weighted by Crippen LogP contribution is 2.51. The second kappa shape index (κ2) is 8.04. The molecule has 0 aromatic rings. The first kappa shape index (κ1) is 21.5. The van der Waals surface area contributed by atoms with Gasteiger partial charge in [-0.25, -0.2) is 4.79 Å². The van der Waals surface area contributed by atoms with Gasteiger partial charge in [-0.2, -0.15) is 13.2 Å². The van der Waals surface area contributed by atoms with Gasteiger partial charge in [0, 0.05) is 25.9 Å². The van der Waals surface area contributed by atoms with Gasteiger partial charge >= 0.3 is 18.1 Å². The number of hydrogen-bond acceptors (Lipinski definition) is 5. The summed E-state index contributed by atoms with van der Waals surface area (Å²) in [5.74, 6) is -1.94. The van der Waals surface area contributed by atoms with Crippen molar-refractivity contribution in [3.8, 4) is 0 Å². The van der Waals surface area contributed by atoms with Crippen molar-refractivity contribution in [2.24, 2.45) is 5.41 Å². The van der Waals surface area contributed by atoms with Crippen LogP contribution in [0.2, 0.25) is 0 Å². The van der Waals surface area contributed by atoms with Gasteiger partial charge in [-0.15, -0.1) is 0 Å². The number of rotatable bonds is 5. The fourth-order valence-electron chi connectivity index (χ4n) is 3.88. The number of methoxy groups -OCH3 is 1. The van der Waals surface area contributed by atoms with Gasteiger partial charge in [0.05, 0.1) is 0 Å². The molecule has 5 nitrogen and oxygen atoms in total. The maximum absolute atomic E-state index is 14.1. The lowest BCUT2D eigenvalue weighted by Crippen LogP contribution is -2.64. The number of carbonyl (C=O) groups is 2. The number of ether oxygens (including phenoxy) is 3. The highest BCUT2D eigenvalue weighted by molar-refractivity contribution is 5.83. The third-order valence-corrected chi connectivity index (χ3v) is 5.23. The molecule has 8 heteroatoms.